The Morgan fingerprint density at radius 3 is 2.60 bits per heavy atom. The Morgan fingerprint density at radius 1 is 1.25 bits per heavy atom. The smallest absolute Gasteiger partial charge is 0.220 e. The molecule has 4 nitrogen and oxygen atoms in total. The minimum Gasteiger partial charge on any atom is -0.396 e. The van der Waals surface area contributed by atoms with E-state index in [0.29, 0.717) is 12.0 Å². The van der Waals surface area contributed by atoms with Crippen LogP contribution in [-0.4, -0.2) is 29.4 Å². The van der Waals surface area contributed by atoms with E-state index in [1.807, 2.05) is 39.0 Å². The summed E-state index contributed by atoms with van der Waals surface area (Å²) in [4.78, 5) is 23.8. The summed E-state index contributed by atoms with van der Waals surface area (Å²) in [6.45, 7) is 5.72. The van der Waals surface area contributed by atoms with Crippen LogP contribution in [0.1, 0.15) is 47.7 Å². The molecule has 1 amide bonds. The molecule has 0 saturated heterocycles. The fourth-order valence-corrected chi connectivity index (χ4v) is 2.01. The molecule has 0 aliphatic heterocycles. The van der Waals surface area contributed by atoms with E-state index in [1.54, 1.807) is 0 Å². The first kappa shape index (κ1) is 16.4. The Hall–Kier alpha value is -1.68. The molecule has 0 aliphatic rings. The van der Waals surface area contributed by atoms with Crippen LogP contribution in [0.5, 0.6) is 0 Å². The van der Waals surface area contributed by atoms with Crippen LogP contribution in [0.4, 0.5) is 0 Å². The van der Waals surface area contributed by atoms with Crippen molar-refractivity contribution in [2.75, 3.05) is 6.61 Å². The maximum absolute atomic E-state index is 12.1. The molecule has 1 atom stereocenters. The van der Waals surface area contributed by atoms with Crippen LogP contribution in [0.15, 0.2) is 18.2 Å². The number of ketones is 1. The van der Waals surface area contributed by atoms with E-state index in [0.717, 1.165) is 11.1 Å². The number of Topliss-reactive ketones (excluding diaryl/α,β-unsaturated/α-hetero) is 1. The predicted octanol–water partition coefficient (Wildman–Crippen LogP) is 2.15. The number of benzene rings is 1. The number of carbonyl (C=O) groups is 2. The molecular weight excluding hydrogens is 254 g/mol. The quantitative estimate of drug-likeness (QED) is 0.750. The monoisotopic (exact) mass is 277 g/mol. The molecule has 4 heteroatoms. The second-order valence-electron chi connectivity index (χ2n) is 5.22. The van der Waals surface area contributed by atoms with Gasteiger partial charge in [-0.1, -0.05) is 17.7 Å². The van der Waals surface area contributed by atoms with Gasteiger partial charge in [-0.25, -0.2) is 0 Å². The summed E-state index contributed by atoms with van der Waals surface area (Å²) in [5, 5.41) is 11.5. The highest BCUT2D eigenvalue weighted by Gasteiger charge is 2.13. The summed E-state index contributed by atoms with van der Waals surface area (Å²) in [5.41, 5.74) is 2.68. The summed E-state index contributed by atoms with van der Waals surface area (Å²) in [6.07, 6.45) is 0.917. The number of rotatable bonds is 7. The molecule has 0 heterocycles. The lowest BCUT2D eigenvalue weighted by atomic mass is 9.99. The zero-order valence-corrected chi connectivity index (χ0v) is 12.4. The molecule has 1 unspecified atom stereocenters. The van der Waals surface area contributed by atoms with E-state index in [-0.39, 0.29) is 37.2 Å². The van der Waals surface area contributed by atoms with Gasteiger partial charge in [0.05, 0.1) is 0 Å². The van der Waals surface area contributed by atoms with Gasteiger partial charge in [-0.2, -0.15) is 0 Å². The van der Waals surface area contributed by atoms with E-state index in [9.17, 15) is 9.59 Å². The molecule has 0 saturated carbocycles. The van der Waals surface area contributed by atoms with E-state index < -0.39 is 0 Å². The SMILES string of the molecule is Cc1ccc(C)c(C(=O)CCC(=O)NC(C)CCO)c1. The molecule has 0 fully saturated rings. The van der Waals surface area contributed by atoms with Crippen molar-refractivity contribution in [3.05, 3.63) is 34.9 Å². The van der Waals surface area contributed by atoms with Gasteiger partial charge in [0.15, 0.2) is 5.78 Å². The fraction of sp³-hybridized carbons (Fsp3) is 0.500. The Labute approximate surface area is 120 Å². The molecular formula is C16H23NO3. The van der Waals surface area contributed by atoms with Crippen molar-refractivity contribution in [1.29, 1.82) is 0 Å². The maximum atomic E-state index is 12.1. The van der Waals surface area contributed by atoms with Crippen LogP contribution in [0.3, 0.4) is 0 Å². The zero-order valence-electron chi connectivity index (χ0n) is 12.4. The Morgan fingerprint density at radius 2 is 1.95 bits per heavy atom. The third-order valence-corrected chi connectivity index (χ3v) is 3.24. The highest BCUT2D eigenvalue weighted by atomic mass is 16.3. The van der Waals surface area contributed by atoms with E-state index in [4.69, 9.17) is 5.11 Å². The van der Waals surface area contributed by atoms with Crippen molar-refractivity contribution in [3.8, 4) is 0 Å². The van der Waals surface area contributed by atoms with Gasteiger partial charge in [-0.3, -0.25) is 9.59 Å². The zero-order chi connectivity index (χ0) is 15.1. The number of hydrogen-bond donors (Lipinski definition) is 2. The van der Waals surface area contributed by atoms with Crippen molar-refractivity contribution >= 4 is 11.7 Å². The number of amides is 1. The number of carbonyl (C=O) groups excluding carboxylic acids is 2. The minimum absolute atomic E-state index is 0.00355. The van der Waals surface area contributed by atoms with E-state index in [1.165, 1.54) is 0 Å². The fourth-order valence-electron chi connectivity index (χ4n) is 2.01. The van der Waals surface area contributed by atoms with Crippen LogP contribution in [-0.2, 0) is 4.79 Å². The van der Waals surface area contributed by atoms with Gasteiger partial charge in [0, 0.05) is 31.1 Å². The first-order valence-corrected chi connectivity index (χ1v) is 6.94. The lowest BCUT2D eigenvalue weighted by Crippen LogP contribution is -2.33. The summed E-state index contributed by atoms with van der Waals surface area (Å²) in [6, 6.07) is 5.69. The standard InChI is InChI=1S/C16H23NO3/c1-11-4-5-12(2)14(10-11)15(19)6-7-16(20)17-13(3)8-9-18/h4-5,10,13,18H,6-9H2,1-3H3,(H,17,20). The normalized spacial score (nSPS) is 12.0. The van der Waals surface area contributed by atoms with Crippen molar-refractivity contribution in [2.45, 2.75) is 46.1 Å². The van der Waals surface area contributed by atoms with Crippen molar-refractivity contribution < 1.29 is 14.7 Å². The average molecular weight is 277 g/mol. The first-order chi connectivity index (χ1) is 9.43. The first-order valence-electron chi connectivity index (χ1n) is 6.94. The van der Waals surface area contributed by atoms with Gasteiger partial charge in [-0.15, -0.1) is 0 Å². The summed E-state index contributed by atoms with van der Waals surface area (Å²) in [5.74, 6) is -0.152. The molecule has 0 bridgehead atoms. The highest BCUT2D eigenvalue weighted by molar-refractivity contribution is 5.99. The second kappa shape index (κ2) is 7.80. The molecule has 0 aliphatic carbocycles. The molecule has 1 rings (SSSR count). The van der Waals surface area contributed by atoms with Gasteiger partial charge in [0.25, 0.3) is 0 Å². The third kappa shape index (κ3) is 5.13. The lowest BCUT2D eigenvalue weighted by molar-refractivity contribution is -0.121. The van der Waals surface area contributed by atoms with E-state index >= 15 is 0 Å². The Bertz CT molecular complexity index is 483. The minimum atomic E-state index is -0.149. The number of nitrogens with one attached hydrogen (secondary N) is 1. The van der Waals surface area contributed by atoms with Gasteiger partial charge in [0.2, 0.25) is 5.91 Å². The molecule has 110 valence electrons. The number of hydrogen-bond acceptors (Lipinski definition) is 3. The molecule has 0 spiro atoms. The molecule has 20 heavy (non-hydrogen) atoms. The lowest BCUT2D eigenvalue weighted by Gasteiger charge is -2.12. The van der Waals surface area contributed by atoms with Gasteiger partial charge >= 0.3 is 0 Å². The Kier molecular flexibility index (Phi) is 6.39. The largest absolute Gasteiger partial charge is 0.396 e. The molecule has 2 N–H and O–H groups in total. The predicted molar refractivity (Wildman–Crippen MR) is 78.8 cm³/mol. The molecule has 1 aromatic rings. The van der Waals surface area contributed by atoms with Crippen molar-refractivity contribution in [1.82, 2.24) is 5.32 Å². The third-order valence-electron chi connectivity index (χ3n) is 3.24. The molecule has 1 aromatic carbocycles. The molecule has 0 radical (unpaired) electrons. The van der Waals surface area contributed by atoms with Gasteiger partial charge < -0.3 is 10.4 Å². The van der Waals surface area contributed by atoms with Crippen LogP contribution in [0.25, 0.3) is 0 Å². The average Bonchev–Trinajstić information content (AvgIpc) is 2.39. The van der Waals surface area contributed by atoms with Gasteiger partial charge in [0.1, 0.15) is 0 Å². The molecule has 0 aromatic heterocycles. The van der Waals surface area contributed by atoms with Crippen molar-refractivity contribution in [2.24, 2.45) is 0 Å². The highest BCUT2D eigenvalue weighted by Crippen LogP contribution is 2.13. The maximum Gasteiger partial charge on any atom is 0.220 e. The summed E-state index contributed by atoms with van der Waals surface area (Å²) in [7, 11) is 0. The summed E-state index contributed by atoms with van der Waals surface area (Å²) < 4.78 is 0. The van der Waals surface area contributed by atoms with Crippen LogP contribution < -0.4 is 5.32 Å². The number of aliphatic hydroxyl groups is 1. The summed E-state index contributed by atoms with van der Waals surface area (Å²) >= 11 is 0. The van der Waals surface area contributed by atoms with Crippen LogP contribution in [0.2, 0.25) is 0 Å². The van der Waals surface area contributed by atoms with Crippen LogP contribution in [0, 0.1) is 13.8 Å². The van der Waals surface area contributed by atoms with E-state index in [2.05, 4.69) is 5.32 Å². The topological polar surface area (TPSA) is 66.4 Å². The second-order valence-corrected chi connectivity index (χ2v) is 5.22. The van der Waals surface area contributed by atoms with Gasteiger partial charge in [-0.05, 0) is 38.8 Å². The van der Waals surface area contributed by atoms with Crippen LogP contribution >= 0.6 is 0 Å². The number of aliphatic hydroxyl groups excluding tert-OH is 1. The Balaban J connectivity index is 2.51. The number of aryl methyl sites for hydroxylation is 2. The van der Waals surface area contributed by atoms with Crippen molar-refractivity contribution in [3.63, 3.8) is 0 Å².